The molecule has 0 saturated carbocycles. The first-order chi connectivity index (χ1) is 51.3. The zero-order chi connectivity index (χ0) is 69.6. The average Bonchev–Trinajstić information content (AvgIpc) is 1.62. The summed E-state index contributed by atoms with van der Waals surface area (Å²) in [5.74, 6) is 2.92. The van der Waals surface area contributed by atoms with Gasteiger partial charge < -0.3 is 18.9 Å². The number of para-hydroxylation sites is 2. The number of aromatic nitrogens is 6. The lowest BCUT2D eigenvalue weighted by Gasteiger charge is -2.09. The van der Waals surface area contributed by atoms with E-state index in [4.69, 9.17) is 35.4 Å². The Morgan fingerprint density at radius 3 is 0.952 bits per heavy atom. The molecule has 14 heteroatoms. The van der Waals surface area contributed by atoms with E-state index >= 15 is 0 Å². The number of furan rings is 2. The highest BCUT2D eigenvalue weighted by atomic mass is 35.5. The van der Waals surface area contributed by atoms with Gasteiger partial charge in [0.25, 0.3) is 0 Å². The van der Waals surface area contributed by atoms with Crippen LogP contribution >= 0.6 is 34.3 Å². The molecule has 20 aromatic rings. The molecule has 6 heterocycles. The van der Waals surface area contributed by atoms with Gasteiger partial charge in [-0.2, -0.15) is 9.97 Å². The lowest BCUT2D eigenvalue weighted by molar-refractivity contribution is 0.426. The second-order valence-corrected chi connectivity index (χ2v) is 27.5. The van der Waals surface area contributed by atoms with Crippen molar-refractivity contribution in [3.05, 3.63) is 333 Å². The molecule has 0 saturated heterocycles. The lowest BCUT2D eigenvalue weighted by Crippen LogP contribution is -2.29. The summed E-state index contributed by atoms with van der Waals surface area (Å²) in [5, 5.41) is 28.6. The number of thiophene rings is 2. The summed E-state index contributed by atoms with van der Waals surface area (Å²) in [4.78, 5) is 28.1. The molecule has 2 N–H and O–H groups in total. The lowest BCUT2D eigenvalue weighted by atomic mass is 9.79. The highest BCUT2D eigenvalue weighted by Gasteiger charge is 2.21. The van der Waals surface area contributed by atoms with Crippen LogP contribution in [0.25, 0.3) is 186 Å². The van der Waals surface area contributed by atoms with Crippen molar-refractivity contribution in [3.8, 4) is 101 Å². The number of halogens is 1. The molecule has 14 aromatic carbocycles. The molecule has 0 amide bonds. The van der Waals surface area contributed by atoms with Gasteiger partial charge in [-0.25, -0.2) is 19.9 Å². The van der Waals surface area contributed by atoms with Crippen LogP contribution in [0.2, 0.25) is 5.28 Å². The quantitative estimate of drug-likeness (QED) is 0.127. The van der Waals surface area contributed by atoms with Crippen molar-refractivity contribution in [2.24, 2.45) is 0 Å². The molecular weight excluding hydrogens is 1340 g/mol. The fourth-order valence-corrected chi connectivity index (χ4v) is 16.6. The standard InChI is InChI=1S/C45H27N3OS.C24H17BO2S.C21H12ClN3O/c1-3-11-28(12-4-1)33-16-9-18-37-38-19-10-17-34(42(38)50-41(33)37)29-21-23-31(24-22-29)44-46-43(30-13-5-2-6-14-30)47-45(48-44)32-25-26-36-35-15-7-8-20-39(35)49-40(36)27-32;26-25(27)18-10-4-9-17(15-18)20-12-6-14-22-21-13-5-11-19(23(21)28-24(20)22)16-7-2-1-3-8-16;22-21-24-19(13-6-2-1-3-7-13)23-20(25-21)14-10-11-16-15-8-4-5-9-17(15)26-18(16)12-14/h1-27H;1-15,26-27H;1-12H. The van der Waals surface area contributed by atoms with E-state index in [-0.39, 0.29) is 5.28 Å². The maximum absolute atomic E-state index is 9.54. The van der Waals surface area contributed by atoms with Crippen LogP contribution in [0, 0.1) is 0 Å². The molecule has 0 aliphatic heterocycles. The first-order valence-electron chi connectivity index (χ1n) is 34.0. The van der Waals surface area contributed by atoms with Gasteiger partial charge in [0, 0.05) is 89.7 Å². The van der Waals surface area contributed by atoms with Crippen LogP contribution in [0.1, 0.15) is 0 Å². The summed E-state index contributed by atoms with van der Waals surface area (Å²) in [7, 11) is -1.47. The third-order valence-corrected chi connectivity index (χ3v) is 21.5. The Morgan fingerprint density at radius 1 is 0.240 bits per heavy atom. The number of hydrogen-bond donors (Lipinski definition) is 2. The van der Waals surface area contributed by atoms with Gasteiger partial charge in [0.05, 0.1) is 0 Å². The Balaban J connectivity index is 0.000000121. The zero-order valence-corrected chi connectivity index (χ0v) is 57.7. The van der Waals surface area contributed by atoms with Crippen LogP contribution in [0.15, 0.2) is 336 Å². The van der Waals surface area contributed by atoms with Crippen LogP contribution < -0.4 is 5.46 Å². The smallest absolute Gasteiger partial charge is 0.456 e. The Kier molecular flexibility index (Phi) is 16.8. The predicted octanol–water partition coefficient (Wildman–Crippen LogP) is 23.3. The van der Waals surface area contributed by atoms with E-state index in [1.54, 1.807) is 17.4 Å². The first-order valence-corrected chi connectivity index (χ1v) is 36.0. The summed E-state index contributed by atoms with van der Waals surface area (Å²) in [5.41, 5.74) is 17.7. The highest BCUT2D eigenvalue weighted by molar-refractivity contribution is 7.27. The van der Waals surface area contributed by atoms with Gasteiger partial charge in [-0.1, -0.05) is 291 Å². The third-order valence-electron chi connectivity index (χ3n) is 18.7. The minimum atomic E-state index is -1.47. The van der Waals surface area contributed by atoms with Crippen molar-refractivity contribution in [2.75, 3.05) is 0 Å². The fraction of sp³-hybridized carbons (Fsp3) is 0. The molecule has 0 unspecified atom stereocenters. The molecule has 492 valence electrons. The minimum Gasteiger partial charge on any atom is -0.456 e. The van der Waals surface area contributed by atoms with Crippen molar-refractivity contribution in [1.29, 1.82) is 0 Å². The monoisotopic (exact) mass is 1390 g/mol. The maximum atomic E-state index is 9.54. The minimum absolute atomic E-state index is 0.165. The van der Waals surface area contributed by atoms with Gasteiger partial charge in [0.15, 0.2) is 29.1 Å². The Labute approximate surface area is 609 Å². The normalized spacial score (nSPS) is 11.4. The van der Waals surface area contributed by atoms with Gasteiger partial charge in [-0.3, -0.25) is 0 Å². The van der Waals surface area contributed by atoms with E-state index in [0.717, 1.165) is 88.4 Å². The number of nitrogens with zero attached hydrogens (tertiary/aromatic N) is 6. The van der Waals surface area contributed by atoms with Crippen molar-refractivity contribution >= 4 is 131 Å². The molecule has 0 spiro atoms. The largest absolute Gasteiger partial charge is 0.488 e. The molecule has 10 nitrogen and oxygen atoms in total. The van der Waals surface area contributed by atoms with E-state index in [9.17, 15) is 10.0 Å². The molecule has 0 bridgehead atoms. The molecule has 20 rings (SSSR count). The van der Waals surface area contributed by atoms with Crippen LogP contribution in [-0.2, 0) is 0 Å². The SMILES string of the molecule is Clc1nc(-c2ccccc2)nc(-c2ccc3c(c2)oc2ccccc23)n1.OB(O)c1cccc(-c2cccc3c2sc2c(-c4ccccc4)cccc23)c1.c1ccc(-c2nc(-c3ccc(-c4cccc5c4sc4c(-c6ccccc6)cccc45)cc3)nc(-c3ccc4c(c3)oc3ccccc34)n2)cc1. The van der Waals surface area contributed by atoms with Crippen molar-refractivity contribution in [3.63, 3.8) is 0 Å². The van der Waals surface area contributed by atoms with Gasteiger partial charge in [-0.15, -0.1) is 22.7 Å². The molecule has 0 atom stereocenters. The van der Waals surface area contributed by atoms with Gasteiger partial charge in [-0.05, 0) is 98.0 Å². The van der Waals surface area contributed by atoms with Crippen molar-refractivity contribution in [1.82, 2.24) is 29.9 Å². The zero-order valence-electron chi connectivity index (χ0n) is 55.3. The van der Waals surface area contributed by atoms with Crippen LogP contribution in [0.4, 0.5) is 0 Å². The predicted molar refractivity (Wildman–Crippen MR) is 430 cm³/mol. The number of fused-ring (bicyclic) bond motifs is 12. The fourth-order valence-electron chi connectivity index (χ4n) is 13.7. The van der Waals surface area contributed by atoms with Crippen LogP contribution in [-0.4, -0.2) is 47.1 Å². The molecule has 0 aliphatic rings. The molecule has 6 aromatic heterocycles. The van der Waals surface area contributed by atoms with E-state index in [1.165, 1.54) is 68.2 Å². The van der Waals surface area contributed by atoms with Gasteiger partial charge in [0.2, 0.25) is 5.28 Å². The van der Waals surface area contributed by atoms with E-state index < -0.39 is 7.12 Å². The van der Waals surface area contributed by atoms with Crippen LogP contribution in [0.3, 0.4) is 0 Å². The van der Waals surface area contributed by atoms with Crippen LogP contribution in [0.5, 0.6) is 0 Å². The summed E-state index contributed by atoms with van der Waals surface area (Å²) < 4.78 is 17.2. The van der Waals surface area contributed by atoms with E-state index in [2.05, 4.69) is 185 Å². The molecule has 0 fully saturated rings. The molecule has 0 radical (unpaired) electrons. The Bertz CT molecular complexity index is 6610. The van der Waals surface area contributed by atoms with Crippen molar-refractivity contribution < 1.29 is 18.9 Å². The average molecular weight is 1400 g/mol. The topological polar surface area (TPSA) is 144 Å². The maximum Gasteiger partial charge on any atom is 0.488 e. The molecule has 0 aliphatic carbocycles. The first kappa shape index (κ1) is 63.6. The second kappa shape index (κ2) is 27.4. The van der Waals surface area contributed by atoms with Gasteiger partial charge >= 0.3 is 7.12 Å². The van der Waals surface area contributed by atoms with E-state index in [0.29, 0.717) is 34.6 Å². The number of benzene rings is 14. The molecule has 104 heavy (non-hydrogen) atoms. The van der Waals surface area contributed by atoms with Crippen molar-refractivity contribution in [2.45, 2.75) is 0 Å². The highest BCUT2D eigenvalue weighted by Crippen LogP contribution is 2.46. The Morgan fingerprint density at radius 2 is 0.529 bits per heavy atom. The summed E-state index contributed by atoms with van der Waals surface area (Å²) in [6.07, 6.45) is 0. The van der Waals surface area contributed by atoms with E-state index in [1.807, 2.05) is 163 Å². The summed E-state index contributed by atoms with van der Waals surface area (Å²) in [6, 6.07) is 111. The summed E-state index contributed by atoms with van der Waals surface area (Å²) >= 11 is 9.81. The third kappa shape index (κ3) is 12.2. The molecular formula is C90H56BClN6O4S2. The van der Waals surface area contributed by atoms with Gasteiger partial charge in [0.1, 0.15) is 22.3 Å². The second-order valence-electron chi connectivity index (χ2n) is 25.1. The Hall–Kier alpha value is -12.6. The summed E-state index contributed by atoms with van der Waals surface area (Å²) in [6.45, 7) is 0. The number of hydrogen-bond acceptors (Lipinski definition) is 12. The number of rotatable bonds is 10.